The van der Waals surface area contributed by atoms with E-state index in [1.165, 1.54) is 6.08 Å². The molecule has 2 fully saturated rings. The zero-order valence-corrected chi connectivity index (χ0v) is 16.7. The third-order valence-electron chi connectivity index (χ3n) is 4.32. The number of hydrogen-bond donors (Lipinski definition) is 1. The van der Waals surface area contributed by atoms with Crippen LogP contribution < -0.4 is 5.32 Å². The fourth-order valence-electron chi connectivity index (χ4n) is 2.80. The first-order chi connectivity index (χ1) is 12.3. The van der Waals surface area contributed by atoms with Crippen molar-refractivity contribution in [2.24, 2.45) is 4.99 Å². The number of rotatable bonds is 3. The first-order valence-corrected chi connectivity index (χ1v) is 9.61. The number of nitrogens with one attached hydrogen (secondary N) is 1. The van der Waals surface area contributed by atoms with Crippen LogP contribution in [0.2, 0.25) is 10.0 Å². The minimum Gasteiger partial charge on any atom is -0.338 e. The lowest BCUT2D eigenvalue weighted by atomic mass is 10.2. The van der Waals surface area contributed by atoms with Gasteiger partial charge in [0.1, 0.15) is 5.69 Å². The topological polar surface area (TPSA) is 65.0 Å². The van der Waals surface area contributed by atoms with E-state index in [1.54, 1.807) is 30.1 Å². The van der Waals surface area contributed by atoms with Gasteiger partial charge in [0.05, 0.1) is 15.0 Å². The number of aliphatic imine (C=N–C) groups is 1. The molecule has 26 heavy (non-hydrogen) atoms. The molecule has 0 bridgehead atoms. The lowest BCUT2D eigenvalue weighted by molar-refractivity contribution is -0.127. The summed E-state index contributed by atoms with van der Waals surface area (Å²) >= 11 is 13.3. The molecular formula is C17H18Cl2N4O2S. The number of hydrogen-bond acceptors (Lipinski definition) is 5. The van der Waals surface area contributed by atoms with Crippen LogP contribution in [-0.4, -0.2) is 60.0 Å². The first-order valence-electron chi connectivity index (χ1n) is 8.04. The van der Waals surface area contributed by atoms with Crippen LogP contribution in [0.1, 0.15) is 6.42 Å². The highest BCUT2D eigenvalue weighted by atomic mass is 35.5. The van der Waals surface area contributed by atoms with E-state index < -0.39 is 0 Å². The Kier molecular flexibility index (Phi) is 5.92. The monoisotopic (exact) mass is 412 g/mol. The number of carbonyl (C=O) groups is 2. The fraction of sp³-hybridized carbons (Fsp3) is 0.353. The number of thioether (sulfide) groups is 1. The van der Waals surface area contributed by atoms with Crippen molar-refractivity contribution in [3.63, 3.8) is 0 Å². The number of likely N-dealkylation sites (N-methyl/N-ethyl adjacent to an activating group) is 2. The number of para-hydroxylation sites is 1. The summed E-state index contributed by atoms with van der Waals surface area (Å²) in [6.07, 6.45) is 2.29. The van der Waals surface area contributed by atoms with E-state index >= 15 is 0 Å². The number of likely N-dealkylation sites (tertiary alicyclic amines) is 1. The molecule has 0 radical (unpaired) electrons. The van der Waals surface area contributed by atoms with Gasteiger partial charge in [0, 0.05) is 25.7 Å². The quantitative estimate of drug-likeness (QED) is 0.775. The highest BCUT2D eigenvalue weighted by Gasteiger charge is 2.29. The standard InChI is InChI=1S/C17H18Cl2N4O2S/c1-22-7-6-10(9-22)23(2)14(24)8-13-16(25)21-17(26-13)20-15-11(18)4-3-5-12(15)19/h3-5,8,10H,6-7,9H2,1-2H3,(H,20,21,25)/b13-8-. The average molecular weight is 413 g/mol. The molecule has 2 saturated heterocycles. The second-order valence-corrected chi connectivity index (χ2v) is 8.05. The minimum absolute atomic E-state index is 0.161. The Morgan fingerprint density at radius 3 is 2.73 bits per heavy atom. The Morgan fingerprint density at radius 2 is 2.12 bits per heavy atom. The molecule has 1 aromatic carbocycles. The normalized spacial score (nSPS) is 23.7. The van der Waals surface area contributed by atoms with Crippen LogP contribution in [-0.2, 0) is 9.59 Å². The van der Waals surface area contributed by atoms with E-state index in [1.807, 2.05) is 7.05 Å². The van der Waals surface area contributed by atoms with Gasteiger partial charge >= 0.3 is 0 Å². The summed E-state index contributed by atoms with van der Waals surface area (Å²) in [6.45, 7) is 1.80. The molecule has 0 aliphatic carbocycles. The van der Waals surface area contributed by atoms with Gasteiger partial charge in [0.25, 0.3) is 5.91 Å². The average Bonchev–Trinajstić information content (AvgIpc) is 3.16. The van der Waals surface area contributed by atoms with Crippen molar-refractivity contribution in [2.45, 2.75) is 12.5 Å². The Balaban J connectivity index is 1.74. The van der Waals surface area contributed by atoms with Crippen molar-refractivity contribution in [3.8, 4) is 0 Å². The van der Waals surface area contributed by atoms with Gasteiger partial charge in [-0.15, -0.1) is 0 Å². The molecule has 3 rings (SSSR count). The van der Waals surface area contributed by atoms with Gasteiger partial charge in [0.2, 0.25) is 5.91 Å². The summed E-state index contributed by atoms with van der Waals surface area (Å²) in [5, 5.41) is 3.75. The SMILES string of the molecule is CN1CCC(N(C)C(=O)/C=C2\SC(=Nc3c(Cl)cccc3Cl)NC2=O)C1. The van der Waals surface area contributed by atoms with E-state index in [-0.39, 0.29) is 17.9 Å². The number of nitrogens with zero attached hydrogens (tertiary/aromatic N) is 3. The minimum atomic E-state index is -0.359. The molecule has 1 aromatic rings. The van der Waals surface area contributed by atoms with Crippen LogP contribution >= 0.6 is 35.0 Å². The van der Waals surface area contributed by atoms with Crippen molar-refractivity contribution < 1.29 is 9.59 Å². The third kappa shape index (κ3) is 4.23. The predicted molar refractivity (Wildman–Crippen MR) is 106 cm³/mol. The van der Waals surface area contributed by atoms with Gasteiger partial charge in [-0.2, -0.15) is 0 Å². The van der Waals surface area contributed by atoms with Gasteiger partial charge in [0.15, 0.2) is 5.17 Å². The molecule has 2 aliphatic heterocycles. The number of benzene rings is 1. The summed E-state index contributed by atoms with van der Waals surface area (Å²) in [5.74, 6) is -0.554. The zero-order chi connectivity index (χ0) is 18.8. The lowest BCUT2D eigenvalue weighted by Gasteiger charge is -2.23. The van der Waals surface area contributed by atoms with E-state index in [0.717, 1.165) is 31.3 Å². The van der Waals surface area contributed by atoms with Crippen molar-refractivity contribution in [2.75, 3.05) is 27.2 Å². The van der Waals surface area contributed by atoms with Crippen LogP contribution in [0.3, 0.4) is 0 Å². The highest BCUT2D eigenvalue weighted by Crippen LogP contribution is 2.35. The molecule has 2 amide bonds. The van der Waals surface area contributed by atoms with Gasteiger partial charge in [-0.05, 0) is 43.9 Å². The van der Waals surface area contributed by atoms with Crippen LogP contribution in [0, 0.1) is 0 Å². The summed E-state index contributed by atoms with van der Waals surface area (Å²) in [5.41, 5.74) is 0.386. The molecule has 1 atom stereocenters. The summed E-state index contributed by atoms with van der Waals surface area (Å²) in [6, 6.07) is 5.22. The van der Waals surface area contributed by atoms with Crippen LogP contribution in [0.25, 0.3) is 0 Å². The van der Waals surface area contributed by atoms with Gasteiger partial charge < -0.3 is 15.1 Å². The van der Waals surface area contributed by atoms with Gasteiger partial charge in [-0.3, -0.25) is 9.59 Å². The Hall–Kier alpha value is -1.54. The van der Waals surface area contributed by atoms with Gasteiger partial charge in [-0.1, -0.05) is 29.3 Å². The molecule has 1 unspecified atom stereocenters. The maximum Gasteiger partial charge on any atom is 0.264 e. The number of carbonyl (C=O) groups excluding carboxylic acids is 2. The smallest absolute Gasteiger partial charge is 0.264 e. The molecule has 6 nitrogen and oxygen atoms in total. The molecule has 138 valence electrons. The van der Waals surface area contributed by atoms with Crippen molar-refractivity contribution in [1.82, 2.24) is 15.1 Å². The fourth-order valence-corrected chi connectivity index (χ4v) is 4.07. The maximum atomic E-state index is 12.5. The number of halogens is 2. The van der Waals surface area contributed by atoms with E-state index in [4.69, 9.17) is 23.2 Å². The second-order valence-electron chi connectivity index (χ2n) is 6.21. The van der Waals surface area contributed by atoms with Crippen molar-refractivity contribution in [1.29, 1.82) is 0 Å². The Bertz CT molecular complexity index is 792. The predicted octanol–water partition coefficient (Wildman–Crippen LogP) is 2.89. The first kappa shape index (κ1) is 19.2. The molecule has 0 spiro atoms. The molecule has 0 aromatic heterocycles. The second kappa shape index (κ2) is 8.00. The van der Waals surface area contributed by atoms with E-state index in [0.29, 0.717) is 25.8 Å². The zero-order valence-electron chi connectivity index (χ0n) is 14.3. The molecule has 1 N–H and O–H groups in total. The lowest BCUT2D eigenvalue weighted by Crippen LogP contribution is -2.37. The molecule has 0 saturated carbocycles. The summed E-state index contributed by atoms with van der Waals surface area (Å²) < 4.78 is 0. The largest absolute Gasteiger partial charge is 0.338 e. The maximum absolute atomic E-state index is 12.5. The van der Waals surface area contributed by atoms with Crippen LogP contribution in [0.15, 0.2) is 34.2 Å². The van der Waals surface area contributed by atoms with Crippen molar-refractivity contribution in [3.05, 3.63) is 39.2 Å². The van der Waals surface area contributed by atoms with Crippen LogP contribution in [0.4, 0.5) is 5.69 Å². The summed E-state index contributed by atoms with van der Waals surface area (Å²) in [7, 11) is 3.79. The Morgan fingerprint density at radius 1 is 1.42 bits per heavy atom. The molecule has 9 heteroatoms. The molecule has 2 aliphatic rings. The highest BCUT2D eigenvalue weighted by molar-refractivity contribution is 8.18. The third-order valence-corrected chi connectivity index (χ3v) is 5.84. The summed E-state index contributed by atoms with van der Waals surface area (Å²) in [4.78, 5) is 33.1. The van der Waals surface area contributed by atoms with Crippen molar-refractivity contribution >= 4 is 57.6 Å². The number of amides is 2. The van der Waals surface area contributed by atoms with E-state index in [9.17, 15) is 9.59 Å². The van der Waals surface area contributed by atoms with Crippen LogP contribution in [0.5, 0.6) is 0 Å². The molecule has 2 heterocycles. The van der Waals surface area contributed by atoms with Gasteiger partial charge in [-0.25, -0.2) is 4.99 Å². The van der Waals surface area contributed by atoms with E-state index in [2.05, 4.69) is 15.2 Å². The Labute approximate surface area is 166 Å². The number of amidine groups is 1. The molecular weight excluding hydrogens is 395 g/mol.